The zero-order chi connectivity index (χ0) is 13.1. The average molecular weight is 251 g/mol. The maximum atomic E-state index is 5.78. The molecule has 102 valence electrons. The monoisotopic (exact) mass is 251 g/mol. The molecular weight excluding hydrogens is 226 g/mol. The average Bonchev–Trinajstić information content (AvgIpc) is 2.94. The van der Waals surface area contributed by atoms with Crippen LogP contribution in [-0.2, 0) is 11.4 Å². The summed E-state index contributed by atoms with van der Waals surface area (Å²) in [7, 11) is 0. The molecule has 1 unspecified atom stereocenters. The first-order chi connectivity index (χ1) is 8.63. The Bertz CT molecular complexity index is 394. The van der Waals surface area contributed by atoms with Crippen LogP contribution in [0.2, 0.25) is 0 Å². The van der Waals surface area contributed by atoms with Gasteiger partial charge < -0.3 is 0 Å². The van der Waals surface area contributed by atoms with E-state index in [4.69, 9.17) is 4.84 Å². The van der Waals surface area contributed by atoms with Gasteiger partial charge in [-0.25, -0.2) is 0 Å². The number of nitrogens with one attached hydrogen (secondary N) is 1. The van der Waals surface area contributed by atoms with Gasteiger partial charge in [-0.1, -0.05) is 12.8 Å². The number of hydroxylamine groups is 1. The van der Waals surface area contributed by atoms with Gasteiger partial charge in [0.15, 0.2) is 0 Å². The molecule has 1 atom stereocenters. The van der Waals surface area contributed by atoms with Crippen LogP contribution in [0.5, 0.6) is 0 Å². The van der Waals surface area contributed by atoms with E-state index in [1.165, 1.54) is 36.9 Å². The number of aryl methyl sites for hydroxylation is 2. The lowest BCUT2D eigenvalue weighted by molar-refractivity contribution is -0.0378. The van der Waals surface area contributed by atoms with Gasteiger partial charge in [0.25, 0.3) is 0 Å². The first-order valence-corrected chi connectivity index (χ1v) is 7.08. The van der Waals surface area contributed by atoms with Gasteiger partial charge in [0, 0.05) is 17.8 Å². The maximum Gasteiger partial charge on any atom is 0.0790 e. The Balaban J connectivity index is 1.99. The van der Waals surface area contributed by atoms with E-state index in [0.29, 0.717) is 6.10 Å². The van der Waals surface area contributed by atoms with Crippen molar-refractivity contribution in [3.63, 3.8) is 0 Å². The number of hydrogen-bond donors (Lipinski definition) is 1. The standard InChI is InChI=1S/C14H25N3O/c1-5-17-12(4)14(10(2)15-17)11(3)16-18-13-8-6-7-9-13/h11,13,16H,5-9H2,1-4H3. The quantitative estimate of drug-likeness (QED) is 0.818. The largest absolute Gasteiger partial charge is 0.298 e. The molecule has 1 heterocycles. The molecule has 0 aliphatic heterocycles. The van der Waals surface area contributed by atoms with Crippen molar-refractivity contribution in [3.8, 4) is 0 Å². The third-order valence-corrected chi connectivity index (χ3v) is 3.88. The summed E-state index contributed by atoms with van der Waals surface area (Å²) in [6.07, 6.45) is 5.37. The van der Waals surface area contributed by atoms with Gasteiger partial charge in [0.2, 0.25) is 0 Å². The Morgan fingerprint density at radius 1 is 1.39 bits per heavy atom. The maximum absolute atomic E-state index is 5.78. The first-order valence-electron chi connectivity index (χ1n) is 7.08. The summed E-state index contributed by atoms with van der Waals surface area (Å²) in [5.41, 5.74) is 6.82. The molecule has 0 saturated heterocycles. The van der Waals surface area contributed by atoms with Crippen LogP contribution in [0, 0.1) is 13.8 Å². The van der Waals surface area contributed by atoms with Crippen molar-refractivity contribution >= 4 is 0 Å². The van der Waals surface area contributed by atoms with Crippen LogP contribution in [0.25, 0.3) is 0 Å². The van der Waals surface area contributed by atoms with E-state index in [1.54, 1.807) is 0 Å². The molecule has 0 spiro atoms. The Kier molecular flexibility index (Phi) is 4.40. The van der Waals surface area contributed by atoms with Crippen molar-refractivity contribution in [2.45, 2.75) is 72.1 Å². The summed E-state index contributed by atoms with van der Waals surface area (Å²) >= 11 is 0. The molecule has 1 aliphatic rings. The molecule has 4 nitrogen and oxygen atoms in total. The number of rotatable bonds is 5. The Hall–Kier alpha value is -0.870. The van der Waals surface area contributed by atoms with Gasteiger partial charge in [0.1, 0.15) is 0 Å². The molecule has 1 aromatic heterocycles. The van der Waals surface area contributed by atoms with Crippen LogP contribution in [0.4, 0.5) is 0 Å². The normalized spacial score (nSPS) is 18.4. The van der Waals surface area contributed by atoms with E-state index in [2.05, 4.69) is 43.0 Å². The third-order valence-electron chi connectivity index (χ3n) is 3.88. The lowest BCUT2D eigenvalue weighted by Gasteiger charge is -2.18. The van der Waals surface area contributed by atoms with Gasteiger partial charge in [0.05, 0.1) is 17.8 Å². The highest BCUT2D eigenvalue weighted by Gasteiger charge is 2.20. The summed E-state index contributed by atoms with van der Waals surface area (Å²) in [6, 6.07) is 0.200. The smallest absolute Gasteiger partial charge is 0.0790 e. The van der Waals surface area contributed by atoms with Crippen LogP contribution < -0.4 is 5.48 Å². The molecule has 1 aliphatic carbocycles. The minimum atomic E-state index is 0.200. The van der Waals surface area contributed by atoms with E-state index in [-0.39, 0.29) is 6.04 Å². The minimum Gasteiger partial charge on any atom is -0.298 e. The van der Waals surface area contributed by atoms with Crippen molar-refractivity contribution in [1.29, 1.82) is 0 Å². The first kappa shape index (κ1) is 13.6. The highest BCUT2D eigenvalue weighted by atomic mass is 16.7. The fraction of sp³-hybridized carbons (Fsp3) is 0.786. The molecule has 2 rings (SSSR count). The highest BCUT2D eigenvalue weighted by molar-refractivity contribution is 5.27. The molecule has 1 aromatic rings. The molecule has 0 amide bonds. The third kappa shape index (κ3) is 2.75. The van der Waals surface area contributed by atoms with Gasteiger partial charge in [-0.3, -0.25) is 9.52 Å². The highest BCUT2D eigenvalue weighted by Crippen LogP contribution is 2.24. The van der Waals surface area contributed by atoms with Gasteiger partial charge in [-0.05, 0) is 40.5 Å². The Morgan fingerprint density at radius 3 is 2.61 bits per heavy atom. The van der Waals surface area contributed by atoms with Crippen molar-refractivity contribution in [3.05, 3.63) is 17.0 Å². The molecule has 18 heavy (non-hydrogen) atoms. The zero-order valence-electron chi connectivity index (χ0n) is 12.0. The number of aromatic nitrogens is 2. The van der Waals surface area contributed by atoms with E-state index in [1.807, 2.05) is 0 Å². The molecule has 1 N–H and O–H groups in total. The lowest BCUT2D eigenvalue weighted by Crippen LogP contribution is -2.25. The second kappa shape index (κ2) is 5.85. The van der Waals surface area contributed by atoms with Gasteiger partial charge in [-0.2, -0.15) is 10.6 Å². The van der Waals surface area contributed by atoms with Crippen molar-refractivity contribution in [2.75, 3.05) is 0 Å². The Labute approximate surface area is 110 Å². The summed E-state index contributed by atoms with van der Waals surface area (Å²) in [5.74, 6) is 0. The number of hydrogen-bond acceptors (Lipinski definition) is 3. The van der Waals surface area contributed by atoms with E-state index in [0.717, 1.165) is 12.2 Å². The van der Waals surface area contributed by atoms with Crippen LogP contribution in [0.15, 0.2) is 0 Å². The molecule has 4 heteroatoms. The van der Waals surface area contributed by atoms with E-state index < -0.39 is 0 Å². The fourth-order valence-corrected chi connectivity index (χ4v) is 2.91. The predicted molar refractivity (Wildman–Crippen MR) is 72.3 cm³/mol. The van der Waals surface area contributed by atoms with Crippen LogP contribution in [-0.4, -0.2) is 15.9 Å². The van der Waals surface area contributed by atoms with E-state index in [9.17, 15) is 0 Å². The second-order valence-electron chi connectivity index (χ2n) is 5.26. The second-order valence-corrected chi connectivity index (χ2v) is 5.26. The minimum absolute atomic E-state index is 0.200. The topological polar surface area (TPSA) is 39.1 Å². The summed E-state index contributed by atoms with van der Waals surface area (Å²) in [5, 5.41) is 4.55. The van der Waals surface area contributed by atoms with Crippen LogP contribution in [0.3, 0.4) is 0 Å². The van der Waals surface area contributed by atoms with Crippen molar-refractivity contribution < 1.29 is 4.84 Å². The molecule has 1 fully saturated rings. The fourth-order valence-electron chi connectivity index (χ4n) is 2.91. The van der Waals surface area contributed by atoms with Crippen molar-refractivity contribution in [2.24, 2.45) is 0 Å². The molecular formula is C14H25N3O. The Morgan fingerprint density at radius 2 is 2.06 bits per heavy atom. The van der Waals surface area contributed by atoms with E-state index >= 15 is 0 Å². The number of nitrogens with zero attached hydrogens (tertiary/aromatic N) is 2. The zero-order valence-corrected chi connectivity index (χ0v) is 12.0. The summed E-state index contributed by atoms with van der Waals surface area (Å²) in [6.45, 7) is 9.39. The van der Waals surface area contributed by atoms with Crippen LogP contribution >= 0.6 is 0 Å². The molecule has 0 radical (unpaired) electrons. The SMILES string of the molecule is CCn1nc(C)c(C(C)NOC2CCCC2)c1C. The van der Waals surface area contributed by atoms with Crippen LogP contribution in [0.1, 0.15) is 62.5 Å². The van der Waals surface area contributed by atoms with Crippen molar-refractivity contribution in [1.82, 2.24) is 15.3 Å². The summed E-state index contributed by atoms with van der Waals surface area (Å²) in [4.78, 5) is 5.78. The van der Waals surface area contributed by atoms with Gasteiger partial charge >= 0.3 is 0 Å². The lowest BCUT2D eigenvalue weighted by atomic mass is 10.1. The predicted octanol–water partition coefficient (Wildman–Crippen LogP) is 3.04. The molecule has 0 aromatic carbocycles. The summed E-state index contributed by atoms with van der Waals surface area (Å²) < 4.78 is 2.05. The molecule has 1 saturated carbocycles. The van der Waals surface area contributed by atoms with Gasteiger partial charge in [-0.15, -0.1) is 0 Å². The molecule has 0 bridgehead atoms.